The third-order valence-corrected chi connectivity index (χ3v) is 2.54. The zero-order valence-corrected chi connectivity index (χ0v) is 9.61. The van der Waals surface area contributed by atoms with Crippen molar-refractivity contribution in [1.82, 2.24) is 0 Å². The van der Waals surface area contributed by atoms with Gasteiger partial charge in [0.25, 0.3) is 5.70 Å². The van der Waals surface area contributed by atoms with Crippen molar-refractivity contribution in [3.05, 3.63) is 45.3 Å². The SMILES string of the molecule is N#C/C(C(N)=S)=C(\N)C1C=CC([N+](=O)[O-])=CC1. The van der Waals surface area contributed by atoms with Gasteiger partial charge in [0.05, 0.1) is 4.92 Å². The molecular formula is C10H10N4O2S. The van der Waals surface area contributed by atoms with Gasteiger partial charge in [-0.2, -0.15) is 5.26 Å². The van der Waals surface area contributed by atoms with Crippen molar-refractivity contribution in [2.24, 2.45) is 17.4 Å². The lowest BCUT2D eigenvalue weighted by Crippen LogP contribution is -2.21. The summed E-state index contributed by atoms with van der Waals surface area (Å²) in [6.45, 7) is 0. The molecule has 7 heteroatoms. The second kappa shape index (κ2) is 5.23. The van der Waals surface area contributed by atoms with Crippen molar-refractivity contribution >= 4 is 17.2 Å². The van der Waals surface area contributed by atoms with Crippen LogP contribution in [0.15, 0.2) is 35.2 Å². The maximum absolute atomic E-state index is 10.5. The van der Waals surface area contributed by atoms with E-state index in [1.807, 2.05) is 6.07 Å². The molecule has 17 heavy (non-hydrogen) atoms. The van der Waals surface area contributed by atoms with E-state index in [0.29, 0.717) is 6.42 Å². The van der Waals surface area contributed by atoms with Gasteiger partial charge in [-0.15, -0.1) is 0 Å². The highest BCUT2D eigenvalue weighted by Crippen LogP contribution is 2.22. The quantitative estimate of drug-likeness (QED) is 0.251. The van der Waals surface area contributed by atoms with Crippen LogP contribution in [0.5, 0.6) is 0 Å². The Bertz CT molecular complexity index is 499. The van der Waals surface area contributed by atoms with Crippen molar-refractivity contribution in [1.29, 1.82) is 5.26 Å². The van der Waals surface area contributed by atoms with Gasteiger partial charge in [-0.3, -0.25) is 10.1 Å². The van der Waals surface area contributed by atoms with Gasteiger partial charge >= 0.3 is 0 Å². The van der Waals surface area contributed by atoms with E-state index in [9.17, 15) is 10.1 Å². The predicted molar refractivity (Wildman–Crippen MR) is 65.9 cm³/mol. The van der Waals surface area contributed by atoms with Crippen molar-refractivity contribution in [3.8, 4) is 6.07 Å². The lowest BCUT2D eigenvalue weighted by Gasteiger charge is -2.15. The van der Waals surface area contributed by atoms with E-state index in [2.05, 4.69) is 0 Å². The normalized spacial score (nSPS) is 19.9. The third kappa shape index (κ3) is 2.89. The van der Waals surface area contributed by atoms with Gasteiger partial charge in [0.1, 0.15) is 16.6 Å². The van der Waals surface area contributed by atoms with Crippen molar-refractivity contribution in [2.75, 3.05) is 0 Å². The number of nitrogens with two attached hydrogens (primary N) is 2. The molecule has 1 aliphatic rings. The lowest BCUT2D eigenvalue weighted by molar-refractivity contribution is -0.419. The van der Waals surface area contributed by atoms with E-state index in [4.69, 9.17) is 28.9 Å². The number of nitrogens with zero attached hydrogens (tertiary/aromatic N) is 2. The van der Waals surface area contributed by atoms with Crippen LogP contribution in [0.4, 0.5) is 0 Å². The van der Waals surface area contributed by atoms with Crippen molar-refractivity contribution < 1.29 is 4.92 Å². The largest absolute Gasteiger partial charge is 0.400 e. The van der Waals surface area contributed by atoms with Crippen LogP contribution >= 0.6 is 12.2 Å². The number of nitriles is 1. The van der Waals surface area contributed by atoms with Crippen LogP contribution in [-0.2, 0) is 0 Å². The number of hydrogen-bond donors (Lipinski definition) is 2. The summed E-state index contributed by atoms with van der Waals surface area (Å²) < 4.78 is 0. The summed E-state index contributed by atoms with van der Waals surface area (Å²) in [6, 6.07) is 1.83. The predicted octanol–water partition coefficient (Wildman–Crippen LogP) is 0.746. The average molecular weight is 250 g/mol. The molecule has 0 heterocycles. The Kier molecular flexibility index (Phi) is 3.96. The maximum Gasteiger partial charge on any atom is 0.265 e. The molecule has 0 aliphatic heterocycles. The number of nitro groups is 1. The third-order valence-electron chi connectivity index (χ3n) is 2.34. The number of hydrogen-bond acceptors (Lipinski definition) is 5. The molecule has 0 amide bonds. The van der Waals surface area contributed by atoms with Gasteiger partial charge in [-0.1, -0.05) is 18.3 Å². The molecule has 1 rings (SSSR count). The first-order chi connectivity index (χ1) is 7.97. The molecule has 0 aromatic rings. The lowest BCUT2D eigenvalue weighted by atomic mass is 9.93. The first kappa shape index (κ1) is 12.9. The Morgan fingerprint density at radius 1 is 1.65 bits per heavy atom. The fourth-order valence-corrected chi connectivity index (χ4v) is 1.59. The molecule has 4 N–H and O–H groups in total. The number of rotatable bonds is 3. The summed E-state index contributed by atoms with van der Waals surface area (Å²) in [4.78, 5) is 9.93. The fourth-order valence-electron chi connectivity index (χ4n) is 1.42. The van der Waals surface area contributed by atoms with Gasteiger partial charge in [0.15, 0.2) is 0 Å². The second-order valence-corrected chi connectivity index (χ2v) is 3.83. The highest BCUT2D eigenvalue weighted by atomic mass is 32.1. The molecule has 0 spiro atoms. The molecule has 1 atom stereocenters. The van der Waals surface area contributed by atoms with Crippen LogP contribution in [0.25, 0.3) is 0 Å². The Morgan fingerprint density at radius 3 is 2.65 bits per heavy atom. The summed E-state index contributed by atoms with van der Waals surface area (Å²) >= 11 is 4.70. The molecule has 6 nitrogen and oxygen atoms in total. The topological polar surface area (TPSA) is 119 Å². The van der Waals surface area contributed by atoms with E-state index in [1.54, 1.807) is 6.08 Å². The summed E-state index contributed by atoms with van der Waals surface area (Å²) in [5, 5.41) is 19.3. The van der Waals surface area contributed by atoms with Gasteiger partial charge in [-0.25, -0.2) is 0 Å². The van der Waals surface area contributed by atoms with Gasteiger partial charge in [0.2, 0.25) is 0 Å². The summed E-state index contributed by atoms with van der Waals surface area (Å²) in [7, 11) is 0. The Hall–Kier alpha value is -2.20. The first-order valence-electron chi connectivity index (χ1n) is 4.69. The maximum atomic E-state index is 10.5. The highest BCUT2D eigenvalue weighted by molar-refractivity contribution is 7.80. The molecule has 0 aromatic heterocycles. The molecule has 0 saturated heterocycles. The van der Waals surface area contributed by atoms with Crippen LogP contribution in [0.3, 0.4) is 0 Å². The van der Waals surface area contributed by atoms with E-state index in [1.165, 1.54) is 12.2 Å². The molecule has 1 aliphatic carbocycles. The number of thiocarbonyl (C=S) groups is 1. The Labute approximate surface area is 103 Å². The molecule has 0 bridgehead atoms. The van der Waals surface area contributed by atoms with Gasteiger partial charge < -0.3 is 11.5 Å². The van der Waals surface area contributed by atoms with E-state index in [0.717, 1.165) is 0 Å². The molecular weight excluding hydrogens is 240 g/mol. The first-order valence-corrected chi connectivity index (χ1v) is 5.10. The van der Waals surface area contributed by atoms with Gasteiger partial charge in [-0.05, 0) is 12.5 Å². The van der Waals surface area contributed by atoms with Crippen LogP contribution in [-0.4, -0.2) is 9.91 Å². The van der Waals surface area contributed by atoms with Crippen molar-refractivity contribution in [2.45, 2.75) is 6.42 Å². The van der Waals surface area contributed by atoms with Crippen molar-refractivity contribution in [3.63, 3.8) is 0 Å². The van der Waals surface area contributed by atoms with Gasteiger partial charge in [0, 0.05) is 17.7 Å². The van der Waals surface area contributed by atoms with E-state index in [-0.39, 0.29) is 27.9 Å². The smallest absolute Gasteiger partial charge is 0.265 e. The average Bonchev–Trinajstić information content (AvgIpc) is 2.29. The van der Waals surface area contributed by atoms with Crippen LogP contribution in [0.1, 0.15) is 6.42 Å². The monoisotopic (exact) mass is 250 g/mol. The zero-order chi connectivity index (χ0) is 13.0. The molecule has 0 saturated carbocycles. The molecule has 0 fully saturated rings. The summed E-state index contributed by atoms with van der Waals surface area (Å²) in [6.07, 6.45) is 4.73. The van der Waals surface area contributed by atoms with E-state index >= 15 is 0 Å². The fraction of sp³-hybridized carbons (Fsp3) is 0.200. The molecule has 88 valence electrons. The number of allylic oxidation sites excluding steroid dienone is 3. The minimum absolute atomic E-state index is 0.0166. The molecule has 0 radical (unpaired) electrons. The zero-order valence-electron chi connectivity index (χ0n) is 8.79. The molecule has 0 aromatic carbocycles. The van der Waals surface area contributed by atoms with Crippen LogP contribution in [0, 0.1) is 27.4 Å². The Balaban J connectivity index is 2.95. The molecule has 1 unspecified atom stereocenters. The highest BCUT2D eigenvalue weighted by Gasteiger charge is 2.20. The van der Waals surface area contributed by atoms with Crippen LogP contribution in [0.2, 0.25) is 0 Å². The minimum Gasteiger partial charge on any atom is -0.400 e. The van der Waals surface area contributed by atoms with Crippen LogP contribution < -0.4 is 11.5 Å². The summed E-state index contributed by atoms with van der Waals surface area (Å²) in [5.41, 5.74) is 11.4. The standard InChI is InChI=1S/C10H10N4O2S/c11-5-8(10(13)17)9(12)6-1-3-7(4-2-6)14(15)16/h1,3-4,6H,2,12H2,(H2,13,17)/b9-8+. The van der Waals surface area contributed by atoms with E-state index < -0.39 is 4.92 Å². The summed E-state index contributed by atoms with van der Waals surface area (Å²) in [5.74, 6) is -0.283. The minimum atomic E-state index is -0.481. The Morgan fingerprint density at radius 2 is 2.29 bits per heavy atom. The second-order valence-electron chi connectivity index (χ2n) is 3.39.